The van der Waals surface area contributed by atoms with Gasteiger partial charge >= 0.3 is 0 Å². The predicted octanol–water partition coefficient (Wildman–Crippen LogP) is 4.10. The van der Waals surface area contributed by atoms with Crippen LogP contribution in [0.25, 0.3) is 0 Å². The number of rotatable bonds is 8. The number of hydrogen-bond donors (Lipinski definition) is 1. The van der Waals surface area contributed by atoms with E-state index < -0.39 is 6.04 Å². The van der Waals surface area contributed by atoms with Crippen LogP contribution in [0, 0.1) is 20.8 Å². The van der Waals surface area contributed by atoms with Crippen LogP contribution in [0.2, 0.25) is 0 Å². The topological polar surface area (TPSA) is 49.4 Å². The maximum Gasteiger partial charge on any atom is 0.242 e. The summed E-state index contributed by atoms with van der Waals surface area (Å²) in [5.41, 5.74) is 5.46. The second-order valence-corrected chi connectivity index (χ2v) is 7.50. The van der Waals surface area contributed by atoms with Crippen LogP contribution in [0.1, 0.15) is 48.1 Å². The Hall–Kier alpha value is -2.62. The number of aryl methyl sites for hydroxylation is 3. The zero-order valence-corrected chi connectivity index (χ0v) is 17.7. The SMILES string of the molecule is CCNC(=O)[C@H](CC)N(Cc1cccc(C)c1)C(=O)Cc1cc(C)cc(C)c1. The average molecular weight is 381 g/mol. The second-order valence-electron chi connectivity index (χ2n) is 7.50. The highest BCUT2D eigenvalue weighted by atomic mass is 16.2. The van der Waals surface area contributed by atoms with Crippen LogP contribution in [0.3, 0.4) is 0 Å². The van der Waals surface area contributed by atoms with E-state index in [1.54, 1.807) is 4.90 Å². The van der Waals surface area contributed by atoms with Crippen molar-refractivity contribution in [3.05, 3.63) is 70.3 Å². The summed E-state index contributed by atoms with van der Waals surface area (Å²) in [5, 5.41) is 2.88. The predicted molar refractivity (Wildman–Crippen MR) is 114 cm³/mol. The Balaban J connectivity index is 2.32. The van der Waals surface area contributed by atoms with Crippen LogP contribution < -0.4 is 5.32 Å². The number of nitrogens with one attached hydrogen (secondary N) is 1. The highest BCUT2D eigenvalue weighted by Gasteiger charge is 2.28. The Morgan fingerprint density at radius 3 is 2.14 bits per heavy atom. The zero-order chi connectivity index (χ0) is 20.7. The molecule has 0 bridgehead atoms. The van der Waals surface area contributed by atoms with E-state index in [0.29, 0.717) is 25.9 Å². The van der Waals surface area contributed by atoms with Gasteiger partial charge in [0.25, 0.3) is 0 Å². The lowest BCUT2D eigenvalue weighted by atomic mass is 10.0. The smallest absolute Gasteiger partial charge is 0.242 e. The van der Waals surface area contributed by atoms with Gasteiger partial charge in [0.05, 0.1) is 6.42 Å². The summed E-state index contributed by atoms with van der Waals surface area (Å²) in [6, 6.07) is 13.8. The minimum Gasteiger partial charge on any atom is -0.355 e. The Morgan fingerprint density at radius 2 is 1.57 bits per heavy atom. The first-order valence-corrected chi connectivity index (χ1v) is 10.0. The van der Waals surface area contributed by atoms with E-state index in [0.717, 1.165) is 27.8 Å². The van der Waals surface area contributed by atoms with E-state index in [-0.39, 0.29) is 11.8 Å². The van der Waals surface area contributed by atoms with Crippen LogP contribution in [0.4, 0.5) is 0 Å². The Kier molecular flexibility index (Phi) is 7.80. The van der Waals surface area contributed by atoms with E-state index in [9.17, 15) is 9.59 Å². The van der Waals surface area contributed by atoms with Crippen LogP contribution in [-0.2, 0) is 22.6 Å². The highest BCUT2D eigenvalue weighted by molar-refractivity contribution is 5.88. The molecular formula is C24H32N2O2. The summed E-state index contributed by atoms with van der Waals surface area (Å²) in [6.45, 7) is 10.9. The molecule has 2 amide bonds. The minimum absolute atomic E-state index is 0.0235. The Morgan fingerprint density at radius 1 is 0.929 bits per heavy atom. The van der Waals surface area contributed by atoms with Gasteiger partial charge < -0.3 is 10.2 Å². The lowest BCUT2D eigenvalue weighted by Crippen LogP contribution is -2.49. The van der Waals surface area contributed by atoms with Crippen molar-refractivity contribution in [1.29, 1.82) is 0 Å². The normalized spacial score (nSPS) is 11.8. The molecule has 4 heteroatoms. The van der Waals surface area contributed by atoms with Crippen molar-refractivity contribution in [2.75, 3.05) is 6.54 Å². The molecule has 150 valence electrons. The van der Waals surface area contributed by atoms with Gasteiger partial charge in [0, 0.05) is 13.1 Å². The fourth-order valence-corrected chi connectivity index (χ4v) is 3.67. The van der Waals surface area contributed by atoms with Crippen molar-refractivity contribution in [3.63, 3.8) is 0 Å². The van der Waals surface area contributed by atoms with Crippen LogP contribution in [0.5, 0.6) is 0 Å². The summed E-state index contributed by atoms with van der Waals surface area (Å²) in [6.07, 6.45) is 0.875. The number of benzene rings is 2. The summed E-state index contributed by atoms with van der Waals surface area (Å²) in [7, 11) is 0. The van der Waals surface area contributed by atoms with Gasteiger partial charge in [-0.3, -0.25) is 9.59 Å². The molecule has 2 rings (SSSR count). The van der Waals surface area contributed by atoms with Gasteiger partial charge in [0.1, 0.15) is 6.04 Å². The molecule has 0 heterocycles. The van der Waals surface area contributed by atoms with Crippen LogP contribution in [0.15, 0.2) is 42.5 Å². The third-order valence-electron chi connectivity index (χ3n) is 4.81. The van der Waals surface area contributed by atoms with Gasteiger partial charge in [-0.1, -0.05) is 66.1 Å². The number of nitrogens with zero attached hydrogens (tertiary/aromatic N) is 1. The molecule has 0 aliphatic rings. The molecule has 1 N–H and O–H groups in total. The average Bonchev–Trinajstić information content (AvgIpc) is 2.61. The maximum atomic E-state index is 13.3. The van der Waals surface area contributed by atoms with E-state index >= 15 is 0 Å². The molecule has 2 aromatic rings. The number of likely N-dealkylation sites (N-methyl/N-ethyl adjacent to an activating group) is 1. The molecule has 0 saturated carbocycles. The van der Waals surface area contributed by atoms with Gasteiger partial charge in [-0.15, -0.1) is 0 Å². The standard InChI is InChI=1S/C24H32N2O2/c1-6-22(24(28)25-7-2)26(16-20-10-8-9-17(3)12-20)23(27)15-21-13-18(4)11-19(5)14-21/h8-14,22H,6-7,15-16H2,1-5H3,(H,25,28)/t22-/m0/s1. The van der Waals surface area contributed by atoms with E-state index in [1.165, 1.54) is 0 Å². The van der Waals surface area contributed by atoms with Gasteiger partial charge in [0.2, 0.25) is 11.8 Å². The van der Waals surface area contributed by atoms with Crippen molar-refractivity contribution in [3.8, 4) is 0 Å². The number of hydrogen-bond acceptors (Lipinski definition) is 2. The van der Waals surface area contributed by atoms with Gasteiger partial charge in [-0.25, -0.2) is 0 Å². The Labute approximate surface area is 169 Å². The largest absolute Gasteiger partial charge is 0.355 e. The van der Waals surface area contributed by atoms with E-state index in [2.05, 4.69) is 17.4 Å². The van der Waals surface area contributed by atoms with Crippen molar-refractivity contribution < 1.29 is 9.59 Å². The molecule has 0 fully saturated rings. The summed E-state index contributed by atoms with van der Waals surface area (Å²) in [5.74, 6) is -0.115. The van der Waals surface area contributed by atoms with Crippen molar-refractivity contribution >= 4 is 11.8 Å². The third-order valence-corrected chi connectivity index (χ3v) is 4.81. The quantitative estimate of drug-likeness (QED) is 0.750. The second kappa shape index (κ2) is 10.1. The van der Waals surface area contributed by atoms with E-state index in [4.69, 9.17) is 0 Å². The van der Waals surface area contributed by atoms with Crippen LogP contribution in [-0.4, -0.2) is 29.3 Å². The molecule has 0 aliphatic heterocycles. The molecule has 0 spiro atoms. The molecule has 0 aromatic heterocycles. The minimum atomic E-state index is -0.473. The van der Waals surface area contributed by atoms with Gasteiger partial charge in [0.15, 0.2) is 0 Å². The zero-order valence-electron chi connectivity index (χ0n) is 17.7. The maximum absolute atomic E-state index is 13.3. The van der Waals surface area contributed by atoms with Crippen molar-refractivity contribution in [2.45, 2.75) is 60.0 Å². The molecular weight excluding hydrogens is 348 g/mol. The molecule has 0 saturated heterocycles. The molecule has 4 nitrogen and oxygen atoms in total. The monoisotopic (exact) mass is 380 g/mol. The molecule has 0 unspecified atom stereocenters. The molecule has 0 radical (unpaired) electrons. The molecule has 2 aromatic carbocycles. The number of carbonyl (C=O) groups is 2. The van der Waals surface area contributed by atoms with Gasteiger partial charge in [-0.05, 0) is 45.2 Å². The first-order valence-electron chi connectivity index (χ1n) is 10.0. The van der Waals surface area contributed by atoms with E-state index in [1.807, 2.05) is 65.0 Å². The van der Waals surface area contributed by atoms with Crippen molar-refractivity contribution in [2.24, 2.45) is 0 Å². The molecule has 1 atom stereocenters. The Bertz CT molecular complexity index is 809. The molecule has 0 aliphatic carbocycles. The lowest BCUT2D eigenvalue weighted by molar-refractivity contribution is -0.140. The first-order chi connectivity index (χ1) is 13.3. The fourth-order valence-electron chi connectivity index (χ4n) is 3.67. The van der Waals surface area contributed by atoms with Crippen molar-refractivity contribution in [1.82, 2.24) is 10.2 Å². The van der Waals surface area contributed by atoms with Crippen LogP contribution >= 0.6 is 0 Å². The third kappa shape index (κ3) is 5.95. The summed E-state index contributed by atoms with van der Waals surface area (Å²) < 4.78 is 0. The summed E-state index contributed by atoms with van der Waals surface area (Å²) >= 11 is 0. The van der Waals surface area contributed by atoms with Gasteiger partial charge in [-0.2, -0.15) is 0 Å². The molecule has 28 heavy (non-hydrogen) atoms. The summed E-state index contributed by atoms with van der Waals surface area (Å²) in [4.78, 5) is 27.6. The lowest BCUT2D eigenvalue weighted by Gasteiger charge is -2.31. The first kappa shape index (κ1) is 21.7. The highest BCUT2D eigenvalue weighted by Crippen LogP contribution is 2.17. The number of amides is 2. The number of carbonyl (C=O) groups excluding carboxylic acids is 2. The fraction of sp³-hybridized carbons (Fsp3) is 0.417.